The second-order valence-electron chi connectivity index (χ2n) is 9.93. The molecule has 2 aromatic rings. The summed E-state index contributed by atoms with van der Waals surface area (Å²) >= 11 is 6.42. The summed E-state index contributed by atoms with van der Waals surface area (Å²) in [5.74, 6) is 0.166. The molecule has 10 heteroatoms. The van der Waals surface area contributed by atoms with E-state index >= 15 is 0 Å². The van der Waals surface area contributed by atoms with Gasteiger partial charge in [0.15, 0.2) is 5.82 Å². The number of aromatic nitrogens is 2. The van der Waals surface area contributed by atoms with Crippen LogP contribution in [0.15, 0.2) is 30.5 Å². The Bertz CT molecular complexity index is 1070. The van der Waals surface area contributed by atoms with Crippen LogP contribution >= 0.6 is 11.6 Å². The van der Waals surface area contributed by atoms with Gasteiger partial charge >= 0.3 is 6.03 Å². The van der Waals surface area contributed by atoms with Crippen LogP contribution < -0.4 is 10.2 Å². The number of amides is 2. The maximum Gasteiger partial charge on any atom is 0.344 e. The quantitative estimate of drug-likeness (QED) is 0.693. The van der Waals surface area contributed by atoms with Crippen molar-refractivity contribution in [1.82, 2.24) is 19.6 Å². The Morgan fingerprint density at radius 2 is 1.86 bits per heavy atom. The zero-order valence-corrected chi connectivity index (χ0v) is 21.0. The van der Waals surface area contributed by atoms with Gasteiger partial charge in [0, 0.05) is 88.9 Å². The number of hydrogen-bond donors (Lipinski definition) is 1. The van der Waals surface area contributed by atoms with E-state index in [9.17, 15) is 9.59 Å². The van der Waals surface area contributed by atoms with Crippen molar-refractivity contribution in [2.75, 3.05) is 62.7 Å². The lowest BCUT2D eigenvalue weighted by molar-refractivity contribution is -0.114. The molecule has 2 amide bonds. The number of carbonyl (C=O) groups excluding carboxylic acids is 2. The van der Waals surface area contributed by atoms with Crippen LogP contribution in [0.4, 0.5) is 16.3 Å². The van der Waals surface area contributed by atoms with Crippen molar-refractivity contribution in [3.63, 3.8) is 0 Å². The highest BCUT2D eigenvalue weighted by Crippen LogP contribution is 2.42. The molecule has 1 N–H and O–H groups in total. The summed E-state index contributed by atoms with van der Waals surface area (Å²) < 4.78 is 6.90. The topological polar surface area (TPSA) is 82.9 Å². The first-order chi connectivity index (χ1) is 16.9. The summed E-state index contributed by atoms with van der Waals surface area (Å²) in [6.07, 6.45) is 5.07. The molecule has 1 aromatic carbocycles. The zero-order chi connectivity index (χ0) is 24.4. The average Bonchev–Trinajstić information content (AvgIpc) is 3.48. The molecule has 0 atom stereocenters. The number of benzene rings is 1. The van der Waals surface area contributed by atoms with E-state index in [-0.39, 0.29) is 11.9 Å². The van der Waals surface area contributed by atoms with Crippen LogP contribution in [0.25, 0.3) is 0 Å². The van der Waals surface area contributed by atoms with Crippen molar-refractivity contribution < 1.29 is 14.3 Å². The minimum absolute atomic E-state index is 0.174. The number of piperazine rings is 1. The van der Waals surface area contributed by atoms with E-state index in [0.717, 1.165) is 63.8 Å². The normalized spacial score (nSPS) is 20.4. The number of nitrogens with one attached hydrogen (secondary N) is 1. The molecular weight excluding hydrogens is 468 g/mol. The van der Waals surface area contributed by atoms with Gasteiger partial charge in [-0.3, -0.25) is 9.69 Å². The number of ether oxygens (including phenoxy) is 1. The summed E-state index contributed by atoms with van der Waals surface area (Å²) in [5.41, 5.74) is 2.89. The summed E-state index contributed by atoms with van der Waals surface area (Å²) in [4.78, 5) is 30.8. The molecule has 0 unspecified atom stereocenters. The van der Waals surface area contributed by atoms with Crippen LogP contribution in [0.2, 0.25) is 5.02 Å². The minimum Gasteiger partial charge on any atom is -0.381 e. The Labute approximate surface area is 210 Å². The molecule has 3 aliphatic heterocycles. The van der Waals surface area contributed by atoms with E-state index < -0.39 is 0 Å². The Hall–Kier alpha value is -2.62. The molecule has 0 radical (unpaired) electrons. The molecule has 1 spiro atoms. The first-order valence-corrected chi connectivity index (χ1v) is 12.7. The third-order valence-electron chi connectivity index (χ3n) is 7.51. The highest BCUT2D eigenvalue weighted by atomic mass is 35.5. The lowest BCUT2D eigenvalue weighted by Gasteiger charge is -2.36. The largest absolute Gasteiger partial charge is 0.381 e. The lowest BCUT2D eigenvalue weighted by atomic mass is 9.80. The third-order valence-corrected chi connectivity index (χ3v) is 7.74. The van der Waals surface area contributed by atoms with Gasteiger partial charge in [0.05, 0.1) is 0 Å². The molecule has 4 heterocycles. The third kappa shape index (κ3) is 5.47. The minimum atomic E-state index is -0.213. The first-order valence-electron chi connectivity index (χ1n) is 12.4. The van der Waals surface area contributed by atoms with E-state index in [0.29, 0.717) is 24.3 Å². The fourth-order valence-electron chi connectivity index (χ4n) is 5.48. The van der Waals surface area contributed by atoms with Gasteiger partial charge in [-0.15, -0.1) is 5.10 Å². The number of anilines is 2. The lowest BCUT2D eigenvalue weighted by Crippen LogP contribution is -2.49. The highest BCUT2D eigenvalue weighted by molar-refractivity contribution is 6.30. The smallest absolute Gasteiger partial charge is 0.344 e. The SMILES string of the molecule is CC(=O)Nc1ccn(C(=O)N2CCN(Cc3ccc(Cl)cc3N3CCC4(CCOCC4)C3)CC2)n1. The Kier molecular flexibility index (Phi) is 7.00. The Balaban J connectivity index is 1.20. The molecule has 5 rings (SSSR count). The fraction of sp³-hybridized carbons (Fsp3) is 0.560. The molecule has 3 aliphatic rings. The van der Waals surface area contributed by atoms with Crippen LogP contribution in [0.5, 0.6) is 0 Å². The molecule has 9 nitrogen and oxygen atoms in total. The number of nitrogens with zero attached hydrogens (tertiary/aromatic N) is 5. The van der Waals surface area contributed by atoms with E-state index in [4.69, 9.17) is 16.3 Å². The summed E-state index contributed by atoms with van der Waals surface area (Å²) in [5, 5.41) is 7.53. The van der Waals surface area contributed by atoms with Gasteiger partial charge in [-0.25, -0.2) is 4.79 Å². The molecular formula is C25H33ClN6O3. The number of rotatable bonds is 4. The average molecular weight is 501 g/mol. The summed E-state index contributed by atoms with van der Waals surface area (Å²) in [7, 11) is 0. The molecule has 3 saturated heterocycles. The summed E-state index contributed by atoms with van der Waals surface area (Å²) in [6, 6.07) is 7.69. The zero-order valence-electron chi connectivity index (χ0n) is 20.2. The highest BCUT2D eigenvalue weighted by Gasteiger charge is 2.40. The van der Waals surface area contributed by atoms with Gasteiger partial charge in [0.1, 0.15) is 0 Å². The second kappa shape index (κ2) is 10.2. The van der Waals surface area contributed by atoms with Gasteiger partial charge in [-0.1, -0.05) is 17.7 Å². The maximum atomic E-state index is 12.8. The van der Waals surface area contributed by atoms with E-state index in [2.05, 4.69) is 32.3 Å². The van der Waals surface area contributed by atoms with E-state index in [1.54, 1.807) is 17.2 Å². The van der Waals surface area contributed by atoms with Gasteiger partial charge in [-0.05, 0) is 42.4 Å². The van der Waals surface area contributed by atoms with Crippen molar-refractivity contribution in [1.29, 1.82) is 0 Å². The molecule has 35 heavy (non-hydrogen) atoms. The van der Waals surface area contributed by atoms with E-state index in [1.807, 2.05) is 6.07 Å². The maximum absolute atomic E-state index is 12.8. The van der Waals surface area contributed by atoms with Gasteiger partial charge in [0.2, 0.25) is 5.91 Å². The van der Waals surface area contributed by atoms with Crippen LogP contribution in [-0.2, 0) is 16.1 Å². The van der Waals surface area contributed by atoms with Gasteiger partial charge < -0.3 is 19.9 Å². The molecule has 1 aromatic heterocycles. The van der Waals surface area contributed by atoms with Crippen molar-refractivity contribution in [2.24, 2.45) is 5.41 Å². The molecule has 0 bridgehead atoms. The van der Waals surface area contributed by atoms with Gasteiger partial charge in [-0.2, -0.15) is 4.68 Å². The van der Waals surface area contributed by atoms with Crippen molar-refractivity contribution in [3.05, 3.63) is 41.0 Å². The number of carbonyl (C=O) groups is 2. The molecule has 188 valence electrons. The fourth-order valence-corrected chi connectivity index (χ4v) is 5.65. The van der Waals surface area contributed by atoms with Crippen LogP contribution in [0, 0.1) is 5.41 Å². The van der Waals surface area contributed by atoms with Crippen LogP contribution in [0.3, 0.4) is 0 Å². The van der Waals surface area contributed by atoms with Crippen LogP contribution in [-0.4, -0.2) is 84.0 Å². The monoisotopic (exact) mass is 500 g/mol. The Morgan fingerprint density at radius 3 is 2.60 bits per heavy atom. The Morgan fingerprint density at radius 1 is 1.09 bits per heavy atom. The van der Waals surface area contributed by atoms with Crippen molar-refractivity contribution in [3.8, 4) is 0 Å². The van der Waals surface area contributed by atoms with E-state index in [1.165, 1.54) is 29.3 Å². The molecule has 0 saturated carbocycles. The number of hydrogen-bond acceptors (Lipinski definition) is 6. The van der Waals surface area contributed by atoms with Crippen LogP contribution in [0.1, 0.15) is 31.7 Å². The second-order valence-corrected chi connectivity index (χ2v) is 10.4. The first kappa shape index (κ1) is 24.1. The summed E-state index contributed by atoms with van der Waals surface area (Å²) in [6.45, 7) is 8.93. The van der Waals surface area contributed by atoms with Crippen molar-refractivity contribution in [2.45, 2.75) is 32.7 Å². The molecule has 0 aliphatic carbocycles. The standard InChI is InChI=1S/C25H33ClN6O3/c1-19(33)27-23-4-8-32(28-23)24(34)30-12-10-29(11-13-30)17-20-2-3-21(26)16-22(20)31-9-5-25(18-31)6-14-35-15-7-25/h2-4,8,16H,5-7,9-15,17-18H2,1H3,(H,27,28,33). The predicted molar refractivity (Wildman–Crippen MR) is 135 cm³/mol. The van der Waals surface area contributed by atoms with Gasteiger partial charge in [0.25, 0.3) is 0 Å². The molecule has 3 fully saturated rings. The van der Waals surface area contributed by atoms with Crippen molar-refractivity contribution >= 4 is 35.0 Å². The number of halogens is 1. The predicted octanol–water partition coefficient (Wildman–Crippen LogP) is 3.29.